The predicted octanol–water partition coefficient (Wildman–Crippen LogP) is 7.50. The molecule has 2 N–H and O–H groups in total. The zero-order valence-electron chi connectivity index (χ0n) is 17.3. The molecule has 0 fully saturated rings. The largest absolute Gasteiger partial charge is 0.330 e. The molecule has 0 radical (unpaired) electrons. The normalized spacial score (nSPS) is 12.8. The highest BCUT2D eigenvalue weighted by atomic mass is 14.5. The van der Waals surface area contributed by atoms with E-state index in [1.807, 2.05) is 0 Å². The van der Waals surface area contributed by atoms with E-state index in [1.54, 1.807) is 0 Å². The number of nitrogens with two attached hydrogens (primary N) is 1. The van der Waals surface area contributed by atoms with Gasteiger partial charge in [-0.25, -0.2) is 0 Å². The fourth-order valence-electron chi connectivity index (χ4n) is 3.54. The molecule has 0 atom stereocenters. The van der Waals surface area contributed by atoms with Gasteiger partial charge >= 0.3 is 0 Å². The quantitative estimate of drug-likeness (QED) is 0.340. The third-order valence-electron chi connectivity index (χ3n) is 5.23. The van der Waals surface area contributed by atoms with Crippen LogP contribution >= 0.6 is 0 Å². The molecule has 0 aliphatic carbocycles. The fourth-order valence-corrected chi connectivity index (χ4v) is 3.54. The topological polar surface area (TPSA) is 26.0 Å². The van der Waals surface area contributed by atoms with Gasteiger partial charge in [-0.05, 0) is 49.3 Å². The lowest BCUT2D eigenvalue weighted by molar-refractivity contribution is 0.459. The Bertz CT molecular complexity index is 606. The predicted molar refractivity (Wildman–Crippen MR) is 125 cm³/mol. The maximum atomic E-state index is 5.57. The number of allylic oxidation sites excluding steroid dienone is 2. The maximum absolute atomic E-state index is 5.57. The molecular formula is C27H37N. The molecule has 0 bridgehead atoms. The highest BCUT2D eigenvalue weighted by molar-refractivity contribution is 5.49. The Morgan fingerprint density at radius 3 is 1.57 bits per heavy atom. The van der Waals surface area contributed by atoms with E-state index < -0.39 is 0 Å². The van der Waals surface area contributed by atoms with Crippen LogP contribution in [-0.4, -0.2) is 6.54 Å². The van der Waals surface area contributed by atoms with E-state index in [-0.39, 0.29) is 0 Å². The van der Waals surface area contributed by atoms with Gasteiger partial charge in [0.15, 0.2) is 0 Å². The van der Waals surface area contributed by atoms with Gasteiger partial charge in [0.2, 0.25) is 0 Å². The highest BCUT2D eigenvalue weighted by Gasteiger charge is 2.05. The minimum absolute atomic E-state index is 0.726. The molecular weight excluding hydrogens is 338 g/mol. The maximum Gasteiger partial charge on any atom is -0.00773 e. The SMILES string of the molecule is NCCCCCCCCC(CC=Cc1ccccc1)CC=Cc1ccccc1. The third kappa shape index (κ3) is 10.3. The van der Waals surface area contributed by atoms with Crippen molar-refractivity contribution >= 4 is 12.2 Å². The zero-order chi connectivity index (χ0) is 19.7. The van der Waals surface area contributed by atoms with Crippen LogP contribution in [0, 0.1) is 5.92 Å². The van der Waals surface area contributed by atoms with Crippen molar-refractivity contribution in [2.45, 2.75) is 57.8 Å². The Labute approximate surface area is 172 Å². The van der Waals surface area contributed by atoms with Gasteiger partial charge in [-0.2, -0.15) is 0 Å². The van der Waals surface area contributed by atoms with Crippen molar-refractivity contribution in [1.82, 2.24) is 0 Å². The summed E-state index contributed by atoms with van der Waals surface area (Å²) in [6.07, 6.45) is 20.7. The molecule has 0 saturated carbocycles. The Kier molecular flexibility index (Phi) is 11.8. The molecule has 0 spiro atoms. The second-order valence-corrected chi connectivity index (χ2v) is 7.66. The molecule has 2 aromatic carbocycles. The number of unbranched alkanes of at least 4 members (excludes halogenated alkanes) is 5. The van der Waals surface area contributed by atoms with Gasteiger partial charge in [-0.15, -0.1) is 0 Å². The van der Waals surface area contributed by atoms with Gasteiger partial charge < -0.3 is 5.73 Å². The van der Waals surface area contributed by atoms with Crippen LogP contribution in [0.4, 0.5) is 0 Å². The number of benzene rings is 2. The summed E-state index contributed by atoms with van der Waals surface area (Å²) in [5.41, 5.74) is 8.16. The lowest BCUT2D eigenvalue weighted by Gasteiger charge is -2.13. The molecule has 0 aromatic heterocycles. The van der Waals surface area contributed by atoms with E-state index in [0.29, 0.717) is 0 Å². The number of hydrogen-bond donors (Lipinski definition) is 1. The first kappa shape index (κ1) is 22.2. The van der Waals surface area contributed by atoms with Crippen molar-refractivity contribution in [1.29, 1.82) is 0 Å². The fraction of sp³-hybridized carbons (Fsp3) is 0.407. The second-order valence-electron chi connectivity index (χ2n) is 7.66. The molecule has 2 aromatic rings. The third-order valence-corrected chi connectivity index (χ3v) is 5.23. The highest BCUT2D eigenvalue weighted by Crippen LogP contribution is 2.21. The summed E-state index contributed by atoms with van der Waals surface area (Å²) < 4.78 is 0. The second kappa shape index (κ2) is 14.9. The summed E-state index contributed by atoms with van der Waals surface area (Å²) in [6.45, 7) is 0.837. The van der Waals surface area contributed by atoms with Gasteiger partial charge in [0.05, 0.1) is 0 Å². The molecule has 2 rings (SSSR count). The summed E-state index contributed by atoms with van der Waals surface area (Å²) in [4.78, 5) is 0. The van der Waals surface area contributed by atoms with E-state index in [9.17, 15) is 0 Å². The molecule has 0 saturated heterocycles. The van der Waals surface area contributed by atoms with Gasteiger partial charge in [-0.1, -0.05) is 117 Å². The van der Waals surface area contributed by atoms with Gasteiger partial charge in [0, 0.05) is 0 Å². The average Bonchev–Trinajstić information content (AvgIpc) is 2.74. The lowest BCUT2D eigenvalue weighted by atomic mass is 9.93. The van der Waals surface area contributed by atoms with E-state index in [4.69, 9.17) is 5.73 Å². The van der Waals surface area contributed by atoms with Gasteiger partial charge in [0.25, 0.3) is 0 Å². The summed E-state index contributed by atoms with van der Waals surface area (Å²) in [6, 6.07) is 21.2. The molecule has 0 amide bonds. The monoisotopic (exact) mass is 375 g/mol. The molecule has 28 heavy (non-hydrogen) atoms. The van der Waals surface area contributed by atoms with Crippen molar-refractivity contribution in [3.8, 4) is 0 Å². The van der Waals surface area contributed by atoms with Crippen molar-refractivity contribution in [2.24, 2.45) is 11.7 Å². The molecule has 0 aliphatic rings. The van der Waals surface area contributed by atoms with Crippen LogP contribution in [0.25, 0.3) is 12.2 Å². The Balaban J connectivity index is 1.78. The Hall–Kier alpha value is -2.12. The average molecular weight is 376 g/mol. The van der Waals surface area contributed by atoms with Crippen molar-refractivity contribution in [3.63, 3.8) is 0 Å². The molecule has 1 heteroatoms. The summed E-state index contributed by atoms with van der Waals surface area (Å²) >= 11 is 0. The lowest BCUT2D eigenvalue weighted by Crippen LogP contribution is -1.99. The minimum Gasteiger partial charge on any atom is -0.330 e. The summed E-state index contributed by atoms with van der Waals surface area (Å²) in [5.74, 6) is 0.726. The number of rotatable bonds is 14. The van der Waals surface area contributed by atoms with Gasteiger partial charge in [0.1, 0.15) is 0 Å². The Morgan fingerprint density at radius 2 is 1.07 bits per heavy atom. The smallest absolute Gasteiger partial charge is 0.00773 e. The van der Waals surface area contributed by atoms with Crippen LogP contribution in [0.3, 0.4) is 0 Å². The van der Waals surface area contributed by atoms with Crippen LogP contribution in [-0.2, 0) is 0 Å². The molecule has 1 nitrogen and oxygen atoms in total. The van der Waals surface area contributed by atoms with Crippen molar-refractivity contribution in [2.75, 3.05) is 6.54 Å². The minimum atomic E-state index is 0.726. The van der Waals surface area contributed by atoms with Crippen LogP contribution in [0.15, 0.2) is 72.8 Å². The molecule has 0 heterocycles. The van der Waals surface area contributed by atoms with Crippen LogP contribution in [0.2, 0.25) is 0 Å². The summed E-state index contributed by atoms with van der Waals surface area (Å²) in [5, 5.41) is 0. The standard InChI is InChI=1S/C27H37N/c28-24-12-4-2-1-3-7-15-27(22-13-20-25-16-8-5-9-17-25)23-14-21-26-18-10-6-11-19-26/h5-6,8-11,13-14,16-21,27H,1-4,7,12,15,22-24,28H2. The van der Waals surface area contributed by atoms with Crippen molar-refractivity contribution < 1.29 is 0 Å². The molecule has 150 valence electrons. The van der Waals surface area contributed by atoms with Gasteiger partial charge in [-0.3, -0.25) is 0 Å². The first-order valence-electron chi connectivity index (χ1n) is 11.0. The number of hydrogen-bond acceptors (Lipinski definition) is 1. The summed E-state index contributed by atoms with van der Waals surface area (Å²) in [7, 11) is 0. The first-order chi connectivity index (χ1) is 13.9. The van der Waals surface area contributed by atoms with Crippen LogP contribution in [0.1, 0.15) is 68.9 Å². The van der Waals surface area contributed by atoms with E-state index in [0.717, 1.165) is 25.3 Å². The first-order valence-corrected chi connectivity index (χ1v) is 11.0. The zero-order valence-corrected chi connectivity index (χ0v) is 17.3. The van der Waals surface area contributed by atoms with E-state index in [2.05, 4.69) is 85.0 Å². The molecule has 0 unspecified atom stereocenters. The van der Waals surface area contributed by atoms with E-state index in [1.165, 1.54) is 56.1 Å². The van der Waals surface area contributed by atoms with E-state index >= 15 is 0 Å². The van der Waals surface area contributed by atoms with Crippen LogP contribution in [0.5, 0.6) is 0 Å². The molecule has 0 aliphatic heterocycles. The van der Waals surface area contributed by atoms with Crippen molar-refractivity contribution in [3.05, 3.63) is 83.9 Å². The van der Waals surface area contributed by atoms with Crippen LogP contribution < -0.4 is 5.73 Å². The Morgan fingerprint density at radius 1 is 0.607 bits per heavy atom.